The third kappa shape index (κ3) is 4.01. The first kappa shape index (κ1) is 18.2. The van der Waals surface area contributed by atoms with Crippen LogP contribution in [0.3, 0.4) is 0 Å². The van der Waals surface area contributed by atoms with Gasteiger partial charge in [-0.25, -0.2) is 4.79 Å². The second kappa shape index (κ2) is 7.59. The molecule has 0 saturated carbocycles. The van der Waals surface area contributed by atoms with Crippen molar-refractivity contribution in [3.63, 3.8) is 0 Å². The number of methoxy groups -OCH3 is 1. The second-order valence-corrected chi connectivity index (χ2v) is 6.62. The van der Waals surface area contributed by atoms with Crippen molar-refractivity contribution in [2.75, 3.05) is 12.4 Å². The van der Waals surface area contributed by atoms with E-state index in [0.717, 1.165) is 16.9 Å². The van der Waals surface area contributed by atoms with Crippen molar-refractivity contribution in [3.8, 4) is 0 Å². The topological polar surface area (TPSA) is 72.5 Å². The highest BCUT2D eigenvalue weighted by Crippen LogP contribution is 2.34. The molecule has 126 valence electrons. The van der Waals surface area contributed by atoms with Crippen LogP contribution in [0.2, 0.25) is 5.02 Å². The highest BCUT2D eigenvalue weighted by Gasteiger charge is 2.24. The lowest BCUT2D eigenvalue weighted by Gasteiger charge is -2.06. The van der Waals surface area contributed by atoms with Gasteiger partial charge in [0.15, 0.2) is 5.78 Å². The number of Topliss-reactive ketones (excluding diaryl/α,β-unsaturated/α-hetero) is 1. The molecule has 0 spiro atoms. The quantitative estimate of drug-likeness (QED) is 0.644. The minimum Gasteiger partial charge on any atom is -0.465 e. The Labute approximate surface area is 148 Å². The summed E-state index contributed by atoms with van der Waals surface area (Å²) in [5, 5.41) is 3.61. The molecule has 7 heteroatoms. The van der Waals surface area contributed by atoms with Gasteiger partial charge in [-0.15, -0.1) is 11.3 Å². The molecule has 1 aromatic carbocycles. The molecule has 1 heterocycles. The van der Waals surface area contributed by atoms with Gasteiger partial charge in [-0.3, -0.25) is 9.59 Å². The van der Waals surface area contributed by atoms with E-state index in [0.29, 0.717) is 20.5 Å². The Morgan fingerprint density at radius 2 is 1.83 bits per heavy atom. The van der Waals surface area contributed by atoms with Gasteiger partial charge in [0.1, 0.15) is 5.00 Å². The van der Waals surface area contributed by atoms with Crippen molar-refractivity contribution in [3.05, 3.63) is 50.9 Å². The number of ketones is 1. The predicted molar refractivity (Wildman–Crippen MR) is 94.2 cm³/mol. The van der Waals surface area contributed by atoms with Crippen LogP contribution in [0, 0.1) is 6.92 Å². The van der Waals surface area contributed by atoms with Gasteiger partial charge in [0, 0.05) is 5.02 Å². The standard InChI is InChI=1S/C17H16ClNO4S/c1-9-14(17(22)23-3)16(24-15(9)10(2)20)19-13(21)8-11-4-6-12(18)7-5-11/h4-7H,8H2,1-3H3,(H,19,21). The monoisotopic (exact) mass is 365 g/mol. The molecular weight excluding hydrogens is 350 g/mol. The van der Waals surface area contributed by atoms with Crippen LogP contribution in [-0.2, 0) is 16.0 Å². The summed E-state index contributed by atoms with van der Waals surface area (Å²) in [5.41, 5.74) is 1.52. The predicted octanol–water partition coefficient (Wildman–Crippen LogP) is 3.88. The van der Waals surface area contributed by atoms with E-state index < -0.39 is 5.97 Å². The molecule has 0 aliphatic carbocycles. The number of ether oxygens (including phenoxy) is 1. The summed E-state index contributed by atoms with van der Waals surface area (Å²) in [6.45, 7) is 3.08. The SMILES string of the molecule is COC(=O)c1c(NC(=O)Cc2ccc(Cl)cc2)sc(C(C)=O)c1C. The molecule has 0 fully saturated rings. The first-order valence-corrected chi connectivity index (χ1v) is 8.29. The van der Waals surface area contributed by atoms with Gasteiger partial charge in [0.05, 0.1) is 24.0 Å². The Morgan fingerprint density at radius 1 is 1.21 bits per heavy atom. The fourth-order valence-corrected chi connectivity index (χ4v) is 3.48. The molecule has 0 aliphatic heterocycles. The molecule has 2 aromatic rings. The molecule has 1 aromatic heterocycles. The van der Waals surface area contributed by atoms with Gasteiger partial charge in [-0.1, -0.05) is 23.7 Å². The Kier molecular flexibility index (Phi) is 5.75. The lowest BCUT2D eigenvalue weighted by atomic mass is 10.1. The molecule has 0 aliphatic rings. The van der Waals surface area contributed by atoms with Crippen molar-refractivity contribution in [1.82, 2.24) is 0 Å². The summed E-state index contributed by atoms with van der Waals surface area (Å²) < 4.78 is 4.75. The normalized spacial score (nSPS) is 10.3. The van der Waals surface area contributed by atoms with E-state index in [4.69, 9.17) is 16.3 Å². The number of benzene rings is 1. The van der Waals surface area contributed by atoms with Crippen molar-refractivity contribution < 1.29 is 19.1 Å². The summed E-state index contributed by atoms with van der Waals surface area (Å²) in [4.78, 5) is 36.3. The number of carbonyl (C=O) groups is 3. The fraction of sp³-hybridized carbons (Fsp3) is 0.235. The van der Waals surface area contributed by atoms with Crippen molar-refractivity contribution in [2.45, 2.75) is 20.3 Å². The lowest BCUT2D eigenvalue weighted by Crippen LogP contribution is -2.16. The molecule has 2 rings (SSSR count). The Bertz CT molecular complexity index is 796. The van der Waals surface area contributed by atoms with E-state index in [9.17, 15) is 14.4 Å². The Morgan fingerprint density at radius 3 is 2.38 bits per heavy atom. The zero-order valence-corrected chi connectivity index (χ0v) is 15.0. The number of carbonyl (C=O) groups excluding carboxylic acids is 3. The van der Waals surface area contributed by atoms with Gasteiger partial charge in [-0.2, -0.15) is 0 Å². The molecule has 0 unspecified atom stereocenters. The number of amides is 1. The molecule has 0 bridgehead atoms. The molecular formula is C17H16ClNO4S. The van der Waals surface area contributed by atoms with E-state index >= 15 is 0 Å². The van der Waals surface area contributed by atoms with Crippen LogP contribution < -0.4 is 5.32 Å². The second-order valence-electron chi connectivity index (χ2n) is 5.16. The van der Waals surface area contributed by atoms with Crippen LogP contribution in [0.4, 0.5) is 5.00 Å². The Hall–Kier alpha value is -2.18. The fourth-order valence-electron chi connectivity index (χ4n) is 2.24. The van der Waals surface area contributed by atoms with E-state index in [1.54, 1.807) is 31.2 Å². The molecule has 0 atom stereocenters. The average Bonchev–Trinajstić information content (AvgIpc) is 2.85. The van der Waals surface area contributed by atoms with Crippen LogP contribution in [0.15, 0.2) is 24.3 Å². The summed E-state index contributed by atoms with van der Waals surface area (Å²) in [5.74, 6) is -1.04. The summed E-state index contributed by atoms with van der Waals surface area (Å²) in [7, 11) is 1.26. The number of anilines is 1. The van der Waals surface area contributed by atoms with E-state index in [1.807, 2.05) is 0 Å². The minimum absolute atomic E-state index is 0.129. The summed E-state index contributed by atoms with van der Waals surface area (Å²) in [6.07, 6.45) is 0.129. The highest BCUT2D eigenvalue weighted by molar-refractivity contribution is 7.18. The molecule has 5 nitrogen and oxygen atoms in total. The number of nitrogens with one attached hydrogen (secondary N) is 1. The van der Waals surface area contributed by atoms with Crippen LogP contribution in [0.25, 0.3) is 0 Å². The number of halogens is 1. The first-order chi connectivity index (χ1) is 11.3. The maximum Gasteiger partial charge on any atom is 0.341 e. The number of hydrogen-bond acceptors (Lipinski definition) is 5. The minimum atomic E-state index is -0.585. The average molecular weight is 366 g/mol. The number of thiophene rings is 1. The van der Waals surface area contributed by atoms with Crippen molar-refractivity contribution >= 4 is 45.6 Å². The first-order valence-electron chi connectivity index (χ1n) is 7.10. The maximum absolute atomic E-state index is 12.2. The van der Waals surface area contributed by atoms with Crippen LogP contribution in [0.5, 0.6) is 0 Å². The van der Waals surface area contributed by atoms with Crippen molar-refractivity contribution in [1.29, 1.82) is 0 Å². The molecule has 0 radical (unpaired) electrons. The van der Waals surface area contributed by atoms with Gasteiger partial charge < -0.3 is 10.1 Å². The largest absolute Gasteiger partial charge is 0.465 e. The third-order valence-corrected chi connectivity index (χ3v) is 4.95. The number of esters is 1. The number of hydrogen-bond donors (Lipinski definition) is 1. The van der Waals surface area contributed by atoms with Crippen molar-refractivity contribution in [2.24, 2.45) is 0 Å². The van der Waals surface area contributed by atoms with Crippen LogP contribution in [0.1, 0.15) is 38.1 Å². The smallest absolute Gasteiger partial charge is 0.341 e. The summed E-state index contributed by atoms with van der Waals surface area (Å²) >= 11 is 6.89. The lowest BCUT2D eigenvalue weighted by molar-refractivity contribution is -0.115. The van der Waals surface area contributed by atoms with Crippen LogP contribution >= 0.6 is 22.9 Å². The van der Waals surface area contributed by atoms with Gasteiger partial charge in [-0.05, 0) is 37.1 Å². The maximum atomic E-state index is 12.2. The third-order valence-electron chi connectivity index (χ3n) is 3.39. The van der Waals surface area contributed by atoms with E-state index in [2.05, 4.69) is 5.32 Å². The zero-order valence-electron chi connectivity index (χ0n) is 13.4. The van der Waals surface area contributed by atoms with E-state index in [-0.39, 0.29) is 23.7 Å². The summed E-state index contributed by atoms with van der Waals surface area (Å²) in [6, 6.07) is 6.91. The molecule has 1 N–H and O–H groups in total. The molecule has 24 heavy (non-hydrogen) atoms. The van der Waals surface area contributed by atoms with Gasteiger partial charge in [0.25, 0.3) is 0 Å². The Balaban J connectivity index is 2.26. The highest BCUT2D eigenvalue weighted by atomic mass is 35.5. The van der Waals surface area contributed by atoms with Gasteiger partial charge >= 0.3 is 5.97 Å². The van der Waals surface area contributed by atoms with Gasteiger partial charge in [0.2, 0.25) is 5.91 Å². The van der Waals surface area contributed by atoms with Crippen LogP contribution in [-0.4, -0.2) is 24.8 Å². The molecule has 1 amide bonds. The van der Waals surface area contributed by atoms with E-state index in [1.165, 1.54) is 14.0 Å². The molecule has 0 saturated heterocycles. The number of rotatable bonds is 5. The zero-order chi connectivity index (χ0) is 17.9.